The number of rotatable bonds is 9. The molecule has 2 aromatic carbocycles. The van der Waals surface area contributed by atoms with Gasteiger partial charge in [0.2, 0.25) is 11.8 Å². The first-order chi connectivity index (χ1) is 18.4. The smallest absolute Gasteiger partial charge is 0.242 e. The summed E-state index contributed by atoms with van der Waals surface area (Å²) in [5, 5.41) is 0.603. The van der Waals surface area contributed by atoms with Crippen LogP contribution in [0.5, 0.6) is 0 Å². The third kappa shape index (κ3) is 5.05. The fourth-order valence-corrected chi connectivity index (χ4v) is 7.97. The molecule has 3 aliphatic rings. The van der Waals surface area contributed by atoms with Gasteiger partial charge in [0.15, 0.2) is 0 Å². The second kappa shape index (κ2) is 10.5. The third-order valence-corrected chi connectivity index (χ3v) is 11.2. The Kier molecular flexibility index (Phi) is 7.68. The van der Waals surface area contributed by atoms with Crippen molar-refractivity contribution >= 4 is 53.1 Å². The summed E-state index contributed by atoms with van der Waals surface area (Å²) in [6, 6.07) is 14.5. The molecule has 2 heterocycles. The van der Waals surface area contributed by atoms with E-state index < -0.39 is 13.5 Å². The first-order valence-electron chi connectivity index (χ1n) is 13.8. The van der Waals surface area contributed by atoms with Crippen LogP contribution in [0.2, 0.25) is 30.7 Å². The minimum atomic E-state index is -1.29. The van der Waals surface area contributed by atoms with Gasteiger partial charge in [-0.15, -0.1) is 6.58 Å². The largest absolute Gasteiger partial charge is 0.361 e. The highest BCUT2D eigenvalue weighted by atomic mass is 79.9. The average molecular weight is 630 g/mol. The minimum Gasteiger partial charge on any atom is -0.361 e. The third-order valence-electron chi connectivity index (χ3n) is 8.78. The molecule has 2 fully saturated rings. The molecule has 1 spiro atoms. The van der Waals surface area contributed by atoms with Crippen LogP contribution >= 0.6 is 27.5 Å². The molecule has 0 N–H and O–H groups in total. The topological polar surface area (TPSA) is 49.9 Å². The SMILES string of the molecule is C=CCN1C(=O)C[C@@H](c2cccc(Cl)c2)[C@]2(C(=O)N(COCC[Si](C)(C)C)c3cc(Br)ccc32)[C@H]1C1(C)CC1. The van der Waals surface area contributed by atoms with Crippen LogP contribution in [0, 0.1) is 5.41 Å². The molecular formula is C31H38BrClN2O3Si. The van der Waals surface area contributed by atoms with Crippen molar-refractivity contribution in [2.75, 3.05) is 24.8 Å². The van der Waals surface area contributed by atoms with Crippen molar-refractivity contribution in [3.63, 3.8) is 0 Å². The van der Waals surface area contributed by atoms with Gasteiger partial charge in [0.25, 0.3) is 0 Å². The maximum atomic E-state index is 15.1. The first-order valence-corrected chi connectivity index (χ1v) is 18.7. The van der Waals surface area contributed by atoms with Gasteiger partial charge in [-0.3, -0.25) is 14.5 Å². The number of amides is 2. The molecular weight excluding hydrogens is 592 g/mol. The molecule has 0 bridgehead atoms. The van der Waals surface area contributed by atoms with Crippen LogP contribution in [0.15, 0.2) is 59.6 Å². The summed E-state index contributed by atoms with van der Waals surface area (Å²) in [7, 11) is -1.29. The Morgan fingerprint density at radius 2 is 1.92 bits per heavy atom. The number of anilines is 1. The van der Waals surface area contributed by atoms with E-state index in [1.54, 1.807) is 6.08 Å². The van der Waals surface area contributed by atoms with Crippen LogP contribution in [-0.2, 0) is 19.7 Å². The van der Waals surface area contributed by atoms with Crippen molar-refractivity contribution in [1.29, 1.82) is 0 Å². The molecule has 2 aliphatic heterocycles. The summed E-state index contributed by atoms with van der Waals surface area (Å²) in [5.41, 5.74) is 1.60. The summed E-state index contributed by atoms with van der Waals surface area (Å²) in [4.78, 5) is 32.7. The van der Waals surface area contributed by atoms with Crippen molar-refractivity contribution in [2.45, 2.75) is 69.2 Å². The zero-order valence-electron chi connectivity index (χ0n) is 23.3. The highest BCUT2D eigenvalue weighted by Crippen LogP contribution is 2.65. The number of likely N-dealkylation sites (tertiary alicyclic amines) is 1. The number of fused-ring (bicyclic) bond motifs is 2. The highest BCUT2D eigenvalue weighted by molar-refractivity contribution is 9.10. The van der Waals surface area contributed by atoms with Crippen molar-refractivity contribution in [1.82, 2.24) is 4.90 Å². The van der Waals surface area contributed by atoms with Gasteiger partial charge in [0.1, 0.15) is 12.1 Å². The lowest BCUT2D eigenvalue weighted by Gasteiger charge is -2.54. The number of benzene rings is 2. The average Bonchev–Trinajstić information content (AvgIpc) is 3.56. The van der Waals surface area contributed by atoms with Crippen LogP contribution < -0.4 is 4.90 Å². The van der Waals surface area contributed by atoms with Crippen molar-refractivity contribution in [3.8, 4) is 0 Å². The quantitative estimate of drug-likeness (QED) is 0.165. The molecule has 39 heavy (non-hydrogen) atoms. The van der Waals surface area contributed by atoms with Gasteiger partial charge in [-0.05, 0) is 59.7 Å². The van der Waals surface area contributed by atoms with E-state index in [0.717, 1.165) is 40.2 Å². The highest BCUT2D eigenvalue weighted by Gasteiger charge is 2.70. The molecule has 1 saturated heterocycles. The number of carbonyl (C=O) groups excluding carboxylic acids is 2. The molecule has 0 radical (unpaired) electrons. The van der Waals surface area contributed by atoms with Gasteiger partial charge < -0.3 is 9.64 Å². The normalized spacial score (nSPS) is 25.8. The van der Waals surface area contributed by atoms with Crippen molar-refractivity contribution in [3.05, 3.63) is 75.7 Å². The summed E-state index contributed by atoms with van der Waals surface area (Å²) in [6.07, 6.45) is 3.94. The van der Waals surface area contributed by atoms with Gasteiger partial charge in [-0.2, -0.15) is 0 Å². The van der Waals surface area contributed by atoms with E-state index in [2.05, 4.69) is 55.1 Å². The van der Waals surface area contributed by atoms with Crippen LogP contribution in [0.4, 0.5) is 5.69 Å². The Labute approximate surface area is 246 Å². The van der Waals surface area contributed by atoms with Crippen LogP contribution in [-0.4, -0.2) is 50.7 Å². The number of piperidine rings is 1. The van der Waals surface area contributed by atoms with Crippen LogP contribution in [0.1, 0.15) is 43.2 Å². The number of hydrogen-bond acceptors (Lipinski definition) is 3. The van der Waals surface area contributed by atoms with Gasteiger partial charge in [-0.1, -0.05) is 78.4 Å². The van der Waals surface area contributed by atoms with E-state index in [0.29, 0.717) is 18.2 Å². The Morgan fingerprint density at radius 3 is 2.56 bits per heavy atom. The Balaban J connectivity index is 1.70. The zero-order chi connectivity index (χ0) is 28.2. The number of hydrogen-bond donors (Lipinski definition) is 0. The number of carbonyl (C=O) groups is 2. The summed E-state index contributed by atoms with van der Waals surface area (Å²) < 4.78 is 7.10. The molecule has 1 aliphatic carbocycles. The van der Waals surface area contributed by atoms with Gasteiger partial charge in [-0.25, -0.2) is 0 Å². The van der Waals surface area contributed by atoms with E-state index in [-0.39, 0.29) is 42.3 Å². The molecule has 5 nitrogen and oxygen atoms in total. The Morgan fingerprint density at radius 1 is 1.18 bits per heavy atom. The summed E-state index contributed by atoms with van der Waals surface area (Å²) in [5.74, 6) is -0.292. The van der Waals surface area contributed by atoms with E-state index in [4.69, 9.17) is 16.3 Å². The molecule has 8 heteroatoms. The predicted octanol–water partition coefficient (Wildman–Crippen LogP) is 7.37. The maximum Gasteiger partial charge on any atom is 0.242 e. The second-order valence-electron chi connectivity index (χ2n) is 12.8. The summed E-state index contributed by atoms with van der Waals surface area (Å²) in [6.45, 7) is 14.4. The summed E-state index contributed by atoms with van der Waals surface area (Å²) >= 11 is 10.1. The molecule has 0 aromatic heterocycles. The van der Waals surface area contributed by atoms with Gasteiger partial charge in [0, 0.05) is 43.1 Å². The molecule has 2 amide bonds. The predicted molar refractivity (Wildman–Crippen MR) is 164 cm³/mol. The van der Waals surface area contributed by atoms with E-state index in [9.17, 15) is 4.79 Å². The second-order valence-corrected chi connectivity index (χ2v) is 19.8. The number of nitrogens with zero attached hydrogens (tertiary/aromatic N) is 2. The van der Waals surface area contributed by atoms with E-state index in [1.165, 1.54) is 0 Å². The molecule has 0 unspecified atom stereocenters. The fraction of sp³-hybridized carbons (Fsp3) is 0.484. The lowest BCUT2D eigenvalue weighted by Crippen LogP contribution is -2.66. The maximum absolute atomic E-state index is 15.1. The fourth-order valence-electron chi connectivity index (χ4n) is 6.67. The number of halogens is 2. The van der Waals surface area contributed by atoms with Crippen molar-refractivity contribution < 1.29 is 14.3 Å². The monoisotopic (exact) mass is 628 g/mol. The zero-order valence-corrected chi connectivity index (χ0v) is 26.6. The molecule has 5 rings (SSSR count). The standard InChI is InChI=1S/C31H38BrClN2O3Si/c1-6-14-34-27(36)19-25(21-8-7-9-23(33)17-21)31(28(34)30(2)12-13-30)24-11-10-22(32)18-26(24)35(29(31)37)20-38-15-16-39(3,4)5/h6-11,17-18,25,28H,1,12-16,19-20H2,2-5H3/t25-,28+,31-/m0/s1. The lowest BCUT2D eigenvalue weighted by molar-refractivity contribution is -0.148. The molecule has 3 atom stereocenters. The molecule has 1 saturated carbocycles. The van der Waals surface area contributed by atoms with Gasteiger partial charge in [0.05, 0.1) is 11.7 Å². The van der Waals surface area contributed by atoms with Gasteiger partial charge >= 0.3 is 0 Å². The number of ether oxygens (including phenoxy) is 1. The molecule has 2 aromatic rings. The minimum absolute atomic E-state index is 0.00765. The van der Waals surface area contributed by atoms with Crippen molar-refractivity contribution in [2.24, 2.45) is 5.41 Å². The lowest BCUT2D eigenvalue weighted by atomic mass is 9.56. The van der Waals surface area contributed by atoms with Crippen LogP contribution in [0.25, 0.3) is 0 Å². The Bertz CT molecular complexity index is 1310. The Hall–Kier alpha value is -1.93. The molecule has 208 valence electrons. The van der Waals surface area contributed by atoms with E-state index >= 15 is 4.79 Å². The van der Waals surface area contributed by atoms with Crippen LogP contribution in [0.3, 0.4) is 0 Å². The first kappa shape index (κ1) is 28.6. The van der Waals surface area contributed by atoms with E-state index in [1.807, 2.05) is 46.2 Å².